The summed E-state index contributed by atoms with van der Waals surface area (Å²) in [6.45, 7) is 17.2. The zero-order valence-electron chi connectivity index (χ0n) is 26.6. The second-order valence-corrected chi connectivity index (χ2v) is 10.1. The smallest absolute Gasteiger partial charge is 0.111 e. The van der Waals surface area contributed by atoms with Crippen LogP contribution in [0, 0.1) is 13.8 Å². The normalized spacial score (nSPS) is 10.4. The lowest BCUT2D eigenvalue weighted by Crippen LogP contribution is -2.09. The molecule has 0 saturated heterocycles. The Bertz CT molecular complexity index is 1170. The molecule has 12 heteroatoms. The molecule has 4 rings (SSSR count). The van der Waals surface area contributed by atoms with Gasteiger partial charge in [0, 0.05) is 94.6 Å². The van der Waals surface area contributed by atoms with Gasteiger partial charge >= 0.3 is 0 Å². The van der Waals surface area contributed by atoms with E-state index in [-0.39, 0.29) is 0 Å². The molecular weight excluding hydrogens is 528 g/mol. The van der Waals surface area contributed by atoms with Crippen molar-refractivity contribution in [2.24, 2.45) is 22.9 Å². The maximum atomic E-state index is 5.44. The van der Waals surface area contributed by atoms with E-state index in [1.165, 1.54) is 0 Å². The monoisotopic (exact) mass is 584 g/mol. The number of aromatic nitrogens is 8. The summed E-state index contributed by atoms with van der Waals surface area (Å²) in [5.41, 5.74) is 21.5. The van der Waals surface area contributed by atoms with E-state index in [2.05, 4.69) is 54.4 Å². The minimum absolute atomic E-state index is 0.498. The van der Waals surface area contributed by atoms with Crippen molar-refractivity contribution in [2.45, 2.75) is 92.4 Å². The SMILES string of the molecule is CC(C)c1nccn1CCCN.CCc1nccn1CCCN.Cc1nccn1CCCN.Cc1nccn1CCN. The van der Waals surface area contributed by atoms with E-state index >= 15 is 0 Å². The largest absolute Gasteiger partial charge is 0.335 e. The fraction of sp³-hybridized carbons (Fsp3) is 0.600. The summed E-state index contributed by atoms with van der Waals surface area (Å²) in [5.74, 6) is 4.90. The van der Waals surface area contributed by atoms with Crippen LogP contribution in [-0.2, 0) is 32.6 Å². The second kappa shape index (κ2) is 22.3. The number of hydrogen-bond donors (Lipinski definition) is 4. The number of rotatable bonds is 13. The van der Waals surface area contributed by atoms with E-state index < -0.39 is 0 Å². The molecule has 0 aliphatic rings. The average molecular weight is 585 g/mol. The Morgan fingerprint density at radius 3 is 1.45 bits per heavy atom. The first-order valence-corrected chi connectivity index (χ1v) is 15.1. The molecule has 0 bridgehead atoms. The molecule has 0 radical (unpaired) electrons. The van der Waals surface area contributed by atoms with Crippen LogP contribution in [0.5, 0.6) is 0 Å². The molecule has 8 N–H and O–H groups in total. The van der Waals surface area contributed by atoms with E-state index in [0.717, 1.165) is 94.8 Å². The van der Waals surface area contributed by atoms with Crippen LogP contribution < -0.4 is 22.9 Å². The van der Waals surface area contributed by atoms with Crippen molar-refractivity contribution in [3.05, 3.63) is 72.9 Å². The Morgan fingerprint density at radius 1 is 0.571 bits per heavy atom. The molecule has 4 aromatic heterocycles. The van der Waals surface area contributed by atoms with Crippen molar-refractivity contribution in [3.8, 4) is 0 Å². The molecule has 4 heterocycles. The van der Waals surface area contributed by atoms with Gasteiger partial charge in [-0.2, -0.15) is 0 Å². The summed E-state index contributed by atoms with van der Waals surface area (Å²) in [7, 11) is 0. The Kier molecular flexibility index (Phi) is 19.5. The third-order valence-corrected chi connectivity index (χ3v) is 6.41. The summed E-state index contributed by atoms with van der Waals surface area (Å²) in [4.78, 5) is 16.6. The van der Waals surface area contributed by atoms with Crippen LogP contribution >= 0.6 is 0 Å². The van der Waals surface area contributed by atoms with Crippen LogP contribution in [0.15, 0.2) is 49.6 Å². The Morgan fingerprint density at radius 2 is 1.00 bits per heavy atom. The minimum Gasteiger partial charge on any atom is -0.335 e. The van der Waals surface area contributed by atoms with Gasteiger partial charge in [0.25, 0.3) is 0 Å². The van der Waals surface area contributed by atoms with Gasteiger partial charge in [0.1, 0.15) is 23.3 Å². The highest BCUT2D eigenvalue weighted by molar-refractivity contribution is 4.97. The van der Waals surface area contributed by atoms with Crippen molar-refractivity contribution in [3.63, 3.8) is 0 Å². The van der Waals surface area contributed by atoms with Crippen molar-refractivity contribution in [2.75, 3.05) is 26.2 Å². The molecule has 0 saturated carbocycles. The Balaban J connectivity index is 0.000000281. The molecule has 12 nitrogen and oxygen atoms in total. The fourth-order valence-corrected chi connectivity index (χ4v) is 4.07. The van der Waals surface area contributed by atoms with Gasteiger partial charge in [0.05, 0.1) is 0 Å². The molecule has 42 heavy (non-hydrogen) atoms. The first-order valence-electron chi connectivity index (χ1n) is 15.1. The average Bonchev–Trinajstić information content (AvgIpc) is 3.80. The molecular formula is C30H56N12. The van der Waals surface area contributed by atoms with E-state index in [1.54, 1.807) is 6.20 Å². The number of nitrogens with two attached hydrogens (primary N) is 4. The standard InChI is InChI=1S/C9H17N3.C8H15N3.C7H13N3.C6H11N3/c1-8(2)9-11-5-7-12(9)6-3-4-10;1-2-8-10-5-7-11(8)6-3-4-9;1-7-9-4-6-10(7)5-2-3-8;1-6-8-3-5-9(6)4-2-7/h5,7-8H,3-4,6,10H2,1-2H3;5,7H,2-4,6,9H2,1H3;4,6H,2-3,5,8H2,1H3;3,5H,2,4,7H2,1H3. The Hall–Kier alpha value is -3.32. The quantitative estimate of drug-likeness (QED) is 0.185. The summed E-state index contributed by atoms with van der Waals surface area (Å²) in [6.07, 6.45) is 19.3. The number of aryl methyl sites for hydroxylation is 6. The number of nitrogens with zero attached hydrogens (tertiary/aromatic N) is 8. The summed E-state index contributed by atoms with van der Waals surface area (Å²) in [5, 5.41) is 0. The number of hydrogen-bond acceptors (Lipinski definition) is 8. The van der Waals surface area contributed by atoms with Gasteiger partial charge in [-0.3, -0.25) is 0 Å². The third-order valence-electron chi connectivity index (χ3n) is 6.41. The van der Waals surface area contributed by atoms with E-state index in [9.17, 15) is 0 Å². The molecule has 0 amide bonds. The molecule has 0 aliphatic carbocycles. The lowest BCUT2D eigenvalue weighted by atomic mass is 10.2. The zero-order valence-corrected chi connectivity index (χ0v) is 26.6. The fourth-order valence-electron chi connectivity index (χ4n) is 4.07. The first-order chi connectivity index (χ1) is 20.3. The van der Waals surface area contributed by atoms with E-state index in [0.29, 0.717) is 12.5 Å². The van der Waals surface area contributed by atoms with Gasteiger partial charge in [-0.1, -0.05) is 20.8 Å². The zero-order chi connectivity index (χ0) is 31.2. The van der Waals surface area contributed by atoms with Crippen LogP contribution in [-0.4, -0.2) is 64.4 Å². The maximum Gasteiger partial charge on any atom is 0.111 e. The van der Waals surface area contributed by atoms with Gasteiger partial charge in [0.15, 0.2) is 0 Å². The second-order valence-electron chi connectivity index (χ2n) is 10.1. The van der Waals surface area contributed by atoms with E-state index in [4.69, 9.17) is 22.9 Å². The summed E-state index contributed by atoms with van der Waals surface area (Å²) < 4.78 is 8.47. The predicted molar refractivity (Wildman–Crippen MR) is 172 cm³/mol. The molecule has 0 aromatic carbocycles. The van der Waals surface area contributed by atoms with Crippen LogP contribution in [0.2, 0.25) is 0 Å². The van der Waals surface area contributed by atoms with Crippen molar-refractivity contribution < 1.29 is 0 Å². The van der Waals surface area contributed by atoms with Crippen LogP contribution in [0.4, 0.5) is 0 Å². The van der Waals surface area contributed by atoms with Crippen molar-refractivity contribution in [1.82, 2.24) is 38.2 Å². The lowest BCUT2D eigenvalue weighted by Gasteiger charge is -2.08. The lowest BCUT2D eigenvalue weighted by molar-refractivity contribution is 0.594. The molecule has 0 spiro atoms. The third kappa shape index (κ3) is 14.0. The van der Waals surface area contributed by atoms with Crippen molar-refractivity contribution in [1.29, 1.82) is 0 Å². The van der Waals surface area contributed by atoms with Crippen molar-refractivity contribution >= 4 is 0 Å². The summed E-state index contributed by atoms with van der Waals surface area (Å²) in [6, 6.07) is 0. The van der Waals surface area contributed by atoms with Crippen LogP contribution in [0.1, 0.15) is 69.2 Å². The minimum atomic E-state index is 0.498. The van der Waals surface area contributed by atoms with Gasteiger partial charge in [0.2, 0.25) is 0 Å². The van der Waals surface area contributed by atoms with Crippen LogP contribution in [0.25, 0.3) is 0 Å². The van der Waals surface area contributed by atoms with E-state index in [1.807, 2.05) is 61.8 Å². The predicted octanol–water partition coefficient (Wildman–Crippen LogP) is 2.84. The van der Waals surface area contributed by atoms with Gasteiger partial charge in [-0.05, 0) is 52.7 Å². The van der Waals surface area contributed by atoms with Gasteiger partial charge in [-0.15, -0.1) is 0 Å². The van der Waals surface area contributed by atoms with Crippen LogP contribution in [0.3, 0.4) is 0 Å². The van der Waals surface area contributed by atoms with Gasteiger partial charge < -0.3 is 41.2 Å². The highest BCUT2D eigenvalue weighted by Crippen LogP contribution is 2.11. The highest BCUT2D eigenvalue weighted by atomic mass is 15.1. The first kappa shape index (κ1) is 36.7. The molecule has 0 atom stereocenters. The maximum absolute atomic E-state index is 5.44. The molecule has 0 aliphatic heterocycles. The summed E-state index contributed by atoms with van der Waals surface area (Å²) >= 11 is 0. The Labute approximate surface area is 252 Å². The molecule has 236 valence electrons. The molecule has 0 unspecified atom stereocenters. The molecule has 0 fully saturated rings. The van der Waals surface area contributed by atoms with Gasteiger partial charge in [-0.25, -0.2) is 19.9 Å². The highest BCUT2D eigenvalue weighted by Gasteiger charge is 2.05. The molecule has 4 aromatic rings. The topological polar surface area (TPSA) is 175 Å². The number of imidazole rings is 4.